The summed E-state index contributed by atoms with van der Waals surface area (Å²) in [5.41, 5.74) is 3.67. The van der Waals surface area contributed by atoms with E-state index in [1.54, 1.807) is 0 Å². The van der Waals surface area contributed by atoms with E-state index in [4.69, 9.17) is 0 Å². The number of benzene rings is 1. The summed E-state index contributed by atoms with van der Waals surface area (Å²) in [6, 6.07) is 8.56. The van der Waals surface area contributed by atoms with Crippen LogP contribution in [0.4, 0.5) is 0 Å². The van der Waals surface area contributed by atoms with Crippen molar-refractivity contribution in [2.45, 2.75) is 80.1 Å². The third-order valence-electron chi connectivity index (χ3n) is 4.93. The molecular weight excluding hydrogens is 252 g/mol. The molecule has 0 saturated heterocycles. The third-order valence-corrected chi connectivity index (χ3v) is 4.93. The molecule has 2 unspecified atom stereocenters. The summed E-state index contributed by atoms with van der Waals surface area (Å²) in [5, 5.41) is 0. The zero-order chi connectivity index (χ0) is 16.3. The quantitative estimate of drug-likeness (QED) is 0.494. The van der Waals surface area contributed by atoms with Crippen LogP contribution in [-0.4, -0.2) is 0 Å². The van der Waals surface area contributed by atoms with Gasteiger partial charge in [-0.15, -0.1) is 0 Å². The Bertz CT molecular complexity index is 428. The molecule has 21 heavy (non-hydrogen) atoms. The topological polar surface area (TPSA) is 0 Å². The van der Waals surface area contributed by atoms with E-state index in [0.29, 0.717) is 5.41 Å². The maximum absolute atomic E-state index is 2.41. The number of aryl methyl sites for hydroxylation is 1. The van der Waals surface area contributed by atoms with Crippen molar-refractivity contribution in [2.75, 3.05) is 0 Å². The van der Waals surface area contributed by atoms with Crippen molar-refractivity contribution >= 4 is 0 Å². The fourth-order valence-corrected chi connectivity index (χ4v) is 3.85. The molecule has 1 aromatic carbocycles. The second-order valence-corrected chi connectivity index (χ2v) is 8.95. The highest BCUT2D eigenvalue weighted by atomic mass is 14.4. The van der Waals surface area contributed by atoms with E-state index in [-0.39, 0.29) is 5.41 Å². The predicted octanol–water partition coefficient (Wildman–Crippen LogP) is 6.76. The average molecular weight is 289 g/mol. The second-order valence-electron chi connectivity index (χ2n) is 8.95. The van der Waals surface area contributed by atoms with Crippen LogP contribution in [0.2, 0.25) is 0 Å². The molecule has 1 saturated carbocycles. The maximum Gasteiger partial charge on any atom is -0.0129 e. The van der Waals surface area contributed by atoms with Gasteiger partial charge in [-0.05, 0) is 47.1 Å². The Labute approximate surface area is 133 Å². The van der Waals surface area contributed by atoms with Gasteiger partial charge in [0.15, 0.2) is 0 Å². The molecule has 2 atom stereocenters. The van der Waals surface area contributed by atoms with Crippen LogP contribution in [0.3, 0.4) is 0 Å². The molecular formula is C21H36. The minimum Gasteiger partial charge on any atom is -0.0622 e. The first-order valence-electron chi connectivity index (χ1n) is 8.59. The predicted molar refractivity (Wildman–Crippen MR) is 95.8 cm³/mol. The molecule has 1 aromatic rings. The molecule has 1 aliphatic rings. The molecule has 0 radical (unpaired) electrons. The summed E-state index contributed by atoms with van der Waals surface area (Å²) in [5.74, 6) is 1.95. The van der Waals surface area contributed by atoms with Gasteiger partial charge in [0, 0.05) is 0 Å². The Hall–Kier alpha value is -0.780. The summed E-state index contributed by atoms with van der Waals surface area (Å²) >= 11 is 0. The van der Waals surface area contributed by atoms with E-state index in [1.807, 2.05) is 0 Å². The monoisotopic (exact) mass is 288 g/mol. The van der Waals surface area contributed by atoms with Crippen molar-refractivity contribution in [1.82, 2.24) is 0 Å². The summed E-state index contributed by atoms with van der Waals surface area (Å²) in [6.07, 6.45) is 4.38. The molecule has 0 bridgehead atoms. The van der Waals surface area contributed by atoms with Crippen LogP contribution in [0, 0.1) is 24.2 Å². The summed E-state index contributed by atoms with van der Waals surface area (Å²) in [7, 11) is 0. The lowest BCUT2D eigenvalue weighted by Gasteiger charge is -2.30. The van der Waals surface area contributed by atoms with Gasteiger partial charge in [-0.25, -0.2) is 0 Å². The Kier molecular flexibility index (Phi) is 6.08. The van der Waals surface area contributed by atoms with E-state index >= 15 is 0 Å². The minimum atomic E-state index is 0.283. The zero-order valence-electron chi connectivity index (χ0n) is 15.6. The van der Waals surface area contributed by atoms with Crippen LogP contribution < -0.4 is 0 Å². The first-order valence-corrected chi connectivity index (χ1v) is 8.59. The van der Waals surface area contributed by atoms with E-state index in [1.165, 1.54) is 30.4 Å². The van der Waals surface area contributed by atoms with Crippen molar-refractivity contribution in [2.24, 2.45) is 17.3 Å². The Morgan fingerprint density at radius 1 is 0.905 bits per heavy atom. The standard InChI is InChI=1S/C11H16.C10H20/c1-9-7-5-6-8-10(9)11(2,3)4;1-8-6-5-7-9(8)10(2,3)4/h5-8H,1-4H3;8-9H,5-7H2,1-4H3. The average Bonchev–Trinajstić information content (AvgIpc) is 2.75. The van der Waals surface area contributed by atoms with Crippen molar-refractivity contribution in [3.8, 4) is 0 Å². The first-order chi connectivity index (χ1) is 9.53. The fourth-order valence-electron chi connectivity index (χ4n) is 3.85. The summed E-state index contributed by atoms with van der Waals surface area (Å²) in [4.78, 5) is 0. The van der Waals surface area contributed by atoms with Gasteiger partial charge in [-0.3, -0.25) is 0 Å². The van der Waals surface area contributed by atoms with Gasteiger partial charge in [0.05, 0.1) is 0 Å². The van der Waals surface area contributed by atoms with Gasteiger partial charge in [0.1, 0.15) is 0 Å². The summed E-state index contributed by atoms with van der Waals surface area (Å²) in [6.45, 7) is 18.4. The molecule has 120 valence electrons. The third kappa shape index (κ3) is 5.49. The van der Waals surface area contributed by atoms with Crippen molar-refractivity contribution in [3.05, 3.63) is 35.4 Å². The normalized spacial score (nSPS) is 22.7. The maximum atomic E-state index is 2.41. The smallest absolute Gasteiger partial charge is 0.0129 e. The minimum absolute atomic E-state index is 0.283. The highest BCUT2D eigenvalue weighted by Gasteiger charge is 2.32. The lowest BCUT2D eigenvalue weighted by Crippen LogP contribution is -2.22. The fraction of sp³-hybridized carbons (Fsp3) is 0.714. The highest BCUT2D eigenvalue weighted by Crippen LogP contribution is 2.42. The van der Waals surface area contributed by atoms with Crippen LogP contribution in [0.25, 0.3) is 0 Å². The molecule has 0 nitrogen and oxygen atoms in total. The largest absolute Gasteiger partial charge is 0.0622 e. The van der Waals surface area contributed by atoms with E-state index in [2.05, 4.69) is 79.7 Å². The Morgan fingerprint density at radius 3 is 1.76 bits per heavy atom. The number of rotatable bonds is 0. The van der Waals surface area contributed by atoms with Gasteiger partial charge in [0.2, 0.25) is 0 Å². The molecule has 0 amide bonds. The van der Waals surface area contributed by atoms with Crippen LogP contribution in [0.1, 0.15) is 78.9 Å². The molecule has 1 aliphatic carbocycles. The van der Waals surface area contributed by atoms with E-state index in [0.717, 1.165) is 11.8 Å². The zero-order valence-corrected chi connectivity index (χ0v) is 15.6. The lowest BCUT2D eigenvalue weighted by atomic mass is 9.75. The molecule has 2 rings (SSSR count). The van der Waals surface area contributed by atoms with E-state index < -0.39 is 0 Å². The summed E-state index contributed by atoms with van der Waals surface area (Å²) < 4.78 is 0. The molecule has 0 N–H and O–H groups in total. The molecule has 0 heteroatoms. The van der Waals surface area contributed by atoms with Gasteiger partial charge in [-0.1, -0.05) is 85.6 Å². The number of hydrogen-bond donors (Lipinski definition) is 0. The molecule has 0 aliphatic heterocycles. The second kappa shape index (κ2) is 6.99. The molecule has 0 spiro atoms. The number of hydrogen-bond acceptors (Lipinski definition) is 0. The first kappa shape index (κ1) is 18.3. The molecule has 0 aromatic heterocycles. The van der Waals surface area contributed by atoms with Crippen LogP contribution in [-0.2, 0) is 5.41 Å². The van der Waals surface area contributed by atoms with E-state index in [9.17, 15) is 0 Å². The van der Waals surface area contributed by atoms with Crippen molar-refractivity contribution in [1.29, 1.82) is 0 Å². The van der Waals surface area contributed by atoms with Crippen LogP contribution in [0.15, 0.2) is 24.3 Å². The van der Waals surface area contributed by atoms with Gasteiger partial charge in [-0.2, -0.15) is 0 Å². The van der Waals surface area contributed by atoms with Gasteiger partial charge in [0.25, 0.3) is 0 Å². The molecule has 0 heterocycles. The Morgan fingerprint density at radius 2 is 1.48 bits per heavy atom. The highest BCUT2D eigenvalue weighted by molar-refractivity contribution is 5.31. The van der Waals surface area contributed by atoms with Gasteiger partial charge >= 0.3 is 0 Å². The Balaban J connectivity index is 0.000000211. The molecule has 1 fully saturated rings. The van der Waals surface area contributed by atoms with Crippen LogP contribution >= 0.6 is 0 Å². The van der Waals surface area contributed by atoms with Crippen molar-refractivity contribution < 1.29 is 0 Å². The van der Waals surface area contributed by atoms with Crippen LogP contribution in [0.5, 0.6) is 0 Å². The van der Waals surface area contributed by atoms with Gasteiger partial charge < -0.3 is 0 Å². The van der Waals surface area contributed by atoms with Crippen molar-refractivity contribution in [3.63, 3.8) is 0 Å². The SMILES string of the molecule is CC1CCCC1C(C)(C)C.Cc1ccccc1C(C)(C)C. The lowest BCUT2D eigenvalue weighted by molar-refractivity contribution is 0.196.